The van der Waals surface area contributed by atoms with Crippen LogP contribution in [0.2, 0.25) is 0 Å². The number of hydrogen-bond donors (Lipinski definition) is 1. The molecule has 1 saturated heterocycles. The second-order valence-corrected chi connectivity index (χ2v) is 6.86. The Morgan fingerprint density at radius 1 is 0.862 bits per heavy atom. The highest BCUT2D eigenvalue weighted by molar-refractivity contribution is 5.85. The zero-order valence-electron chi connectivity index (χ0n) is 15.2. The molecule has 0 bridgehead atoms. The van der Waals surface area contributed by atoms with Gasteiger partial charge in [-0.05, 0) is 29.3 Å². The predicted octanol–water partition coefficient (Wildman–Crippen LogP) is 5.67. The molecular formula is C20H20ClF6NO. The van der Waals surface area contributed by atoms with E-state index >= 15 is 0 Å². The fourth-order valence-corrected chi connectivity index (χ4v) is 3.43. The maximum atomic E-state index is 12.9. The van der Waals surface area contributed by atoms with Crippen molar-refractivity contribution in [3.8, 4) is 0 Å². The Kier molecular flexibility index (Phi) is 7.59. The lowest BCUT2D eigenvalue weighted by Crippen LogP contribution is -2.18. The van der Waals surface area contributed by atoms with Gasteiger partial charge in [-0.1, -0.05) is 30.3 Å². The van der Waals surface area contributed by atoms with Gasteiger partial charge in [0.05, 0.1) is 24.3 Å². The summed E-state index contributed by atoms with van der Waals surface area (Å²) in [6, 6.07) is 11.3. The highest BCUT2D eigenvalue weighted by Gasteiger charge is 2.37. The Hall–Kier alpha value is -1.77. The molecule has 0 spiro atoms. The number of benzene rings is 2. The van der Waals surface area contributed by atoms with Gasteiger partial charge in [0, 0.05) is 24.9 Å². The van der Waals surface area contributed by atoms with Crippen LogP contribution in [0.1, 0.15) is 28.2 Å². The van der Waals surface area contributed by atoms with Gasteiger partial charge < -0.3 is 10.1 Å². The second kappa shape index (κ2) is 9.36. The molecule has 9 heteroatoms. The Labute approximate surface area is 170 Å². The van der Waals surface area contributed by atoms with E-state index in [0.29, 0.717) is 18.7 Å². The third-order valence-corrected chi connectivity index (χ3v) is 4.82. The summed E-state index contributed by atoms with van der Waals surface area (Å²) in [6.07, 6.45) is -9.71. The molecule has 1 aliphatic heterocycles. The van der Waals surface area contributed by atoms with Crippen molar-refractivity contribution in [3.05, 3.63) is 70.8 Å². The molecule has 1 aliphatic rings. The van der Waals surface area contributed by atoms with Crippen LogP contribution in [0, 0.1) is 5.92 Å². The van der Waals surface area contributed by atoms with Crippen LogP contribution >= 0.6 is 12.4 Å². The van der Waals surface area contributed by atoms with Crippen molar-refractivity contribution < 1.29 is 31.1 Å². The van der Waals surface area contributed by atoms with Crippen LogP contribution in [0.3, 0.4) is 0 Å². The summed E-state index contributed by atoms with van der Waals surface area (Å²) in [5.74, 6) is 0.281. The van der Waals surface area contributed by atoms with Gasteiger partial charge in [-0.2, -0.15) is 26.3 Å². The Balaban J connectivity index is 0.00000300. The maximum Gasteiger partial charge on any atom is 0.416 e. The Morgan fingerprint density at radius 2 is 1.45 bits per heavy atom. The molecule has 2 aromatic carbocycles. The number of alkyl halides is 6. The van der Waals surface area contributed by atoms with Crippen LogP contribution in [0.15, 0.2) is 48.5 Å². The molecule has 2 nitrogen and oxygen atoms in total. The van der Waals surface area contributed by atoms with Gasteiger partial charge in [-0.15, -0.1) is 12.4 Å². The van der Waals surface area contributed by atoms with E-state index in [1.165, 1.54) is 0 Å². The van der Waals surface area contributed by atoms with Gasteiger partial charge in [-0.25, -0.2) is 0 Å². The lowest BCUT2D eigenvalue weighted by atomic mass is 9.89. The summed E-state index contributed by atoms with van der Waals surface area (Å²) in [7, 11) is 0. The van der Waals surface area contributed by atoms with Gasteiger partial charge in [-0.3, -0.25) is 0 Å². The summed E-state index contributed by atoms with van der Waals surface area (Å²) in [5.41, 5.74) is -1.68. The van der Waals surface area contributed by atoms with Gasteiger partial charge >= 0.3 is 12.4 Å². The lowest BCUT2D eigenvalue weighted by Gasteiger charge is -2.19. The summed E-state index contributed by atoms with van der Waals surface area (Å²) < 4.78 is 83.1. The quantitative estimate of drug-likeness (QED) is 0.606. The van der Waals surface area contributed by atoms with Crippen molar-refractivity contribution in [2.24, 2.45) is 5.92 Å². The predicted molar refractivity (Wildman–Crippen MR) is 98.9 cm³/mol. The molecule has 0 unspecified atom stereocenters. The number of ether oxygens (including phenoxy) is 1. The summed E-state index contributed by atoms with van der Waals surface area (Å²) in [6.45, 7) is 1.35. The van der Waals surface area contributed by atoms with Crippen molar-refractivity contribution >= 4 is 12.4 Å². The molecule has 2 atom stereocenters. The third kappa shape index (κ3) is 6.10. The molecule has 0 amide bonds. The molecule has 0 aliphatic carbocycles. The van der Waals surface area contributed by atoms with E-state index in [2.05, 4.69) is 5.32 Å². The van der Waals surface area contributed by atoms with Crippen LogP contribution in [0.5, 0.6) is 0 Å². The summed E-state index contributed by atoms with van der Waals surface area (Å²) in [4.78, 5) is 0. The standard InChI is InChI=1S/C20H19F6NO.ClH/c21-19(22,23)16-6-13(7-17(8-16)20(24,25)26)11-28-12-15-9-27-10-18(15)14-4-2-1-3-5-14;/h1-8,15,18,27H,9-12H2;1H/t15-,18-;/m0./s1. The minimum Gasteiger partial charge on any atom is -0.376 e. The fraction of sp³-hybridized carbons (Fsp3) is 0.400. The van der Waals surface area contributed by atoms with E-state index in [9.17, 15) is 26.3 Å². The molecule has 1 heterocycles. The zero-order valence-corrected chi connectivity index (χ0v) is 16.0. The SMILES string of the molecule is Cl.FC(F)(F)c1cc(COC[C@@H]2CNC[C@H]2c2ccccc2)cc(C(F)(F)F)c1. The normalized spacial score (nSPS) is 19.8. The van der Waals surface area contributed by atoms with Crippen molar-refractivity contribution in [3.63, 3.8) is 0 Å². The number of hydrogen-bond acceptors (Lipinski definition) is 2. The first-order chi connectivity index (χ1) is 13.1. The van der Waals surface area contributed by atoms with E-state index in [1.807, 2.05) is 30.3 Å². The maximum absolute atomic E-state index is 12.9. The smallest absolute Gasteiger partial charge is 0.376 e. The highest BCUT2D eigenvalue weighted by atomic mass is 35.5. The van der Waals surface area contributed by atoms with Gasteiger partial charge in [0.2, 0.25) is 0 Å². The fourth-order valence-electron chi connectivity index (χ4n) is 3.43. The van der Waals surface area contributed by atoms with Crippen LogP contribution in [-0.4, -0.2) is 19.7 Å². The summed E-state index contributed by atoms with van der Waals surface area (Å²) in [5, 5.41) is 3.25. The molecular weight excluding hydrogens is 420 g/mol. The largest absolute Gasteiger partial charge is 0.416 e. The average molecular weight is 440 g/mol. The van der Waals surface area contributed by atoms with Gasteiger partial charge in [0.1, 0.15) is 0 Å². The van der Waals surface area contributed by atoms with Crippen LogP contribution in [0.4, 0.5) is 26.3 Å². The molecule has 0 radical (unpaired) electrons. The molecule has 1 fully saturated rings. The summed E-state index contributed by atoms with van der Waals surface area (Å²) >= 11 is 0. The van der Waals surface area contributed by atoms with Crippen molar-refractivity contribution in [1.82, 2.24) is 5.32 Å². The first-order valence-electron chi connectivity index (χ1n) is 8.76. The van der Waals surface area contributed by atoms with Crippen LogP contribution < -0.4 is 5.32 Å². The van der Waals surface area contributed by atoms with E-state index in [4.69, 9.17) is 4.74 Å². The van der Waals surface area contributed by atoms with Gasteiger partial charge in [0.15, 0.2) is 0 Å². The van der Waals surface area contributed by atoms with Crippen LogP contribution in [-0.2, 0) is 23.7 Å². The average Bonchev–Trinajstić information content (AvgIpc) is 3.09. The minimum atomic E-state index is -4.86. The van der Waals surface area contributed by atoms with Crippen molar-refractivity contribution in [2.75, 3.05) is 19.7 Å². The third-order valence-electron chi connectivity index (χ3n) is 4.82. The number of rotatable bonds is 5. The Bertz CT molecular complexity index is 762. The number of halogens is 7. The topological polar surface area (TPSA) is 21.3 Å². The minimum absolute atomic E-state index is 0. The Morgan fingerprint density at radius 3 is 2.00 bits per heavy atom. The van der Waals surface area contributed by atoms with Crippen molar-refractivity contribution in [2.45, 2.75) is 24.9 Å². The lowest BCUT2D eigenvalue weighted by molar-refractivity contribution is -0.143. The van der Waals surface area contributed by atoms with E-state index in [1.54, 1.807) is 0 Å². The van der Waals surface area contributed by atoms with Crippen LogP contribution in [0.25, 0.3) is 0 Å². The monoisotopic (exact) mass is 439 g/mol. The highest BCUT2D eigenvalue weighted by Crippen LogP contribution is 2.36. The molecule has 160 valence electrons. The first kappa shape index (κ1) is 23.5. The molecule has 2 aromatic rings. The second-order valence-electron chi connectivity index (χ2n) is 6.86. The molecule has 29 heavy (non-hydrogen) atoms. The molecule has 1 N–H and O–H groups in total. The zero-order chi connectivity index (χ0) is 20.4. The molecule has 0 aromatic heterocycles. The van der Waals surface area contributed by atoms with Gasteiger partial charge in [0.25, 0.3) is 0 Å². The van der Waals surface area contributed by atoms with E-state index in [-0.39, 0.29) is 49.1 Å². The van der Waals surface area contributed by atoms with E-state index < -0.39 is 23.5 Å². The first-order valence-corrected chi connectivity index (χ1v) is 8.76. The number of nitrogens with one attached hydrogen (secondary N) is 1. The molecule has 3 rings (SSSR count). The van der Waals surface area contributed by atoms with Crippen molar-refractivity contribution in [1.29, 1.82) is 0 Å². The van der Waals surface area contributed by atoms with E-state index in [0.717, 1.165) is 12.1 Å². The molecule has 0 saturated carbocycles.